The molecule has 2 aromatic rings. The molecule has 1 fully saturated rings. The van der Waals surface area contributed by atoms with E-state index in [0.29, 0.717) is 10.0 Å². The van der Waals surface area contributed by atoms with Crippen LogP contribution in [0, 0.1) is 0 Å². The molecule has 142 valence electrons. The lowest BCUT2D eigenvalue weighted by Crippen LogP contribution is -2.53. The normalized spacial score (nSPS) is 22.6. The third-order valence-corrected chi connectivity index (χ3v) is 6.05. The molecule has 2 aromatic carbocycles. The number of ether oxygens (including phenoxy) is 1. The van der Waals surface area contributed by atoms with E-state index < -0.39 is 0 Å². The van der Waals surface area contributed by atoms with Crippen molar-refractivity contribution < 1.29 is 9.53 Å². The highest BCUT2D eigenvalue weighted by Crippen LogP contribution is 2.42. The van der Waals surface area contributed by atoms with E-state index in [1.165, 1.54) is 0 Å². The Kier molecular flexibility index (Phi) is 5.31. The van der Waals surface area contributed by atoms with Crippen molar-refractivity contribution in [2.45, 2.75) is 25.5 Å². The van der Waals surface area contributed by atoms with Crippen LogP contribution in [-0.4, -0.2) is 47.9 Å². The van der Waals surface area contributed by atoms with Crippen LogP contribution in [0.2, 0.25) is 10.0 Å². The van der Waals surface area contributed by atoms with E-state index >= 15 is 0 Å². The topological polar surface area (TPSA) is 32.8 Å². The van der Waals surface area contributed by atoms with Gasteiger partial charge in [-0.2, -0.15) is 0 Å². The van der Waals surface area contributed by atoms with Crippen LogP contribution in [0.25, 0.3) is 0 Å². The molecule has 0 unspecified atom stereocenters. The Bertz CT molecular complexity index is 836. The highest BCUT2D eigenvalue weighted by Gasteiger charge is 2.40. The molecule has 0 radical (unpaired) electrons. The summed E-state index contributed by atoms with van der Waals surface area (Å²) < 4.78 is 6.41. The molecule has 1 amide bonds. The molecule has 27 heavy (non-hydrogen) atoms. The van der Waals surface area contributed by atoms with Crippen molar-refractivity contribution in [3.63, 3.8) is 0 Å². The van der Waals surface area contributed by atoms with Crippen LogP contribution in [0.5, 0.6) is 5.75 Å². The fourth-order valence-corrected chi connectivity index (χ4v) is 4.68. The number of hydrogen-bond donors (Lipinski definition) is 0. The number of carbonyl (C=O) groups excluding carboxylic acids is 1. The number of fused-ring (bicyclic) bond motifs is 1. The van der Waals surface area contributed by atoms with Crippen LogP contribution >= 0.6 is 23.2 Å². The summed E-state index contributed by atoms with van der Waals surface area (Å²) in [5.74, 6) is 0.968. The quantitative estimate of drug-likeness (QED) is 0.768. The predicted molar refractivity (Wildman–Crippen MR) is 108 cm³/mol. The summed E-state index contributed by atoms with van der Waals surface area (Å²) in [5, 5.41) is 1.33. The smallest absolute Gasteiger partial charge is 0.219 e. The minimum atomic E-state index is -0.137. The minimum Gasteiger partial charge on any atom is -0.484 e. The molecule has 4 rings (SSSR count). The zero-order valence-electron chi connectivity index (χ0n) is 15.2. The van der Waals surface area contributed by atoms with Gasteiger partial charge in [-0.15, -0.1) is 0 Å². The van der Waals surface area contributed by atoms with Crippen molar-refractivity contribution in [2.24, 2.45) is 0 Å². The summed E-state index contributed by atoms with van der Waals surface area (Å²) in [6.45, 7) is 4.78. The van der Waals surface area contributed by atoms with Gasteiger partial charge in [0.15, 0.2) is 0 Å². The maximum atomic E-state index is 11.6. The average molecular weight is 405 g/mol. The first-order valence-electron chi connectivity index (χ1n) is 9.22. The van der Waals surface area contributed by atoms with Gasteiger partial charge >= 0.3 is 0 Å². The van der Waals surface area contributed by atoms with Gasteiger partial charge in [0.2, 0.25) is 5.91 Å². The SMILES string of the molecule is CC(=O)N1CCN([C@H]2Cc3c(Cl)cc(Cl)cc3[C@@H]2Oc2ccccc2)CC1. The molecule has 0 N–H and O–H groups in total. The number of hydrogen-bond acceptors (Lipinski definition) is 3. The molecule has 0 bridgehead atoms. The number of amides is 1. The van der Waals surface area contributed by atoms with Gasteiger partial charge in [0.25, 0.3) is 0 Å². The van der Waals surface area contributed by atoms with Crippen LogP contribution in [0.1, 0.15) is 24.2 Å². The van der Waals surface area contributed by atoms with Crippen molar-refractivity contribution in [2.75, 3.05) is 26.2 Å². The zero-order valence-corrected chi connectivity index (χ0v) is 16.7. The van der Waals surface area contributed by atoms with Gasteiger partial charge in [-0.25, -0.2) is 0 Å². The van der Waals surface area contributed by atoms with E-state index in [2.05, 4.69) is 4.90 Å². The van der Waals surface area contributed by atoms with Crippen molar-refractivity contribution in [3.05, 3.63) is 63.6 Å². The summed E-state index contributed by atoms with van der Waals surface area (Å²) >= 11 is 12.8. The number of carbonyl (C=O) groups is 1. The Morgan fingerprint density at radius 2 is 1.78 bits per heavy atom. The summed E-state index contributed by atoms with van der Waals surface area (Å²) in [7, 11) is 0. The number of benzene rings is 2. The summed E-state index contributed by atoms with van der Waals surface area (Å²) in [5.41, 5.74) is 2.18. The van der Waals surface area contributed by atoms with Gasteiger partial charge in [-0.05, 0) is 36.2 Å². The Hall–Kier alpha value is -1.75. The highest BCUT2D eigenvalue weighted by molar-refractivity contribution is 6.35. The van der Waals surface area contributed by atoms with E-state index in [0.717, 1.165) is 49.5 Å². The summed E-state index contributed by atoms with van der Waals surface area (Å²) in [6.07, 6.45) is 0.686. The first-order valence-corrected chi connectivity index (χ1v) is 9.97. The van der Waals surface area contributed by atoms with E-state index in [1.807, 2.05) is 41.3 Å². The number of piperazine rings is 1. The van der Waals surface area contributed by atoms with Crippen molar-refractivity contribution in [1.82, 2.24) is 9.80 Å². The van der Waals surface area contributed by atoms with Gasteiger partial charge < -0.3 is 9.64 Å². The van der Waals surface area contributed by atoms with E-state index in [-0.39, 0.29) is 18.1 Å². The van der Waals surface area contributed by atoms with Crippen LogP contribution < -0.4 is 4.74 Å². The van der Waals surface area contributed by atoms with Gasteiger partial charge in [-0.1, -0.05) is 41.4 Å². The molecule has 6 heteroatoms. The first kappa shape index (κ1) is 18.6. The summed E-state index contributed by atoms with van der Waals surface area (Å²) in [4.78, 5) is 16.0. The second-order valence-electron chi connectivity index (χ2n) is 7.12. The predicted octanol–water partition coefficient (Wildman–Crippen LogP) is 4.20. The molecule has 1 aliphatic carbocycles. The van der Waals surface area contributed by atoms with Crippen LogP contribution in [0.15, 0.2) is 42.5 Å². The number of rotatable bonds is 3. The number of nitrogens with zero attached hydrogens (tertiary/aromatic N) is 2. The van der Waals surface area contributed by atoms with Crippen LogP contribution in [0.3, 0.4) is 0 Å². The number of halogens is 2. The monoisotopic (exact) mass is 404 g/mol. The molecule has 1 aliphatic heterocycles. The molecular formula is C21H22Cl2N2O2. The third-order valence-electron chi connectivity index (χ3n) is 5.50. The van der Waals surface area contributed by atoms with E-state index in [1.54, 1.807) is 13.0 Å². The van der Waals surface area contributed by atoms with Gasteiger partial charge in [0.05, 0.1) is 6.04 Å². The van der Waals surface area contributed by atoms with Crippen LogP contribution in [0.4, 0.5) is 0 Å². The fraction of sp³-hybridized carbons (Fsp3) is 0.381. The fourth-order valence-electron chi connectivity index (χ4n) is 4.09. The Balaban J connectivity index is 1.62. The second-order valence-corrected chi connectivity index (χ2v) is 7.96. The molecule has 0 aromatic heterocycles. The maximum Gasteiger partial charge on any atom is 0.219 e. The first-order chi connectivity index (χ1) is 13.0. The van der Waals surface area contributed by atoms with E-state index in [9.17, 15) is 4.79 Å². The maximum absolute atomic E-state index is 11.6. The molecule has 2 aliphatic rings. The molecule has 1 saturated heterocycles. The summed E-state index contributed by atoms with van der Waals surface area (Å²) in [6, 6.07) is 13.8. The van der Waals surface area contributed by atoms with Gasteiger partial charge in [0, 0.05) is 48.7 Å². The van der Waals surface area contributed by atoms with Crippen LogP contribution in [-0.2, 0) is 11.2 Å². The molecule has 0 spiro atoms. The second kappa shape index (κ2) is 7.70. The Morgan fingerprint density at radius 1 is 1.07 bits per heavy atom. The minimum absolute atomic E-state index is 0.135. The molecule has 2 atom stereocenters. The Morgan fingerprint density at radius 3 is 2.44 bits per heavy atom. The van der Waals surface area contributed by atoms with Crippen molar-refractivity contribution in [3.8, 4) is 5.75 Å². The zero-order chi connectivity index (χ0) is 19.0. The Labute approximate surface area is 169 Å². The molecule has 0 saturated carbocycles. The average Bonchev–Trinajstić information content (AvgIpc) is 3.01. The number of para-hydroxylation sites is 1. The van der Waals surface area contributed by atoms with Gasteiger partial charge in [0.1, 0.15) is 11.9 Å². The molecule has 1 heterocycles. The lowest BCUT2D eigenvalue weighted by atomic mass is 10.1. The molecular weight excluding hydrogens is 383 g/mol. The van der Waals surface area contributed by atoms with Crippen molar-refractivity contribution in [1.29, 1.82) is 0 Å². The molecule has 4 nitrogen and oxygen atoms in total. The lowest BCUT2D eigenvalue weighted by molar-refractivity contribution is -0.131. The van der Waals surface area contributed by atoms with Crippen molar-refractivity contribution >= 4 is 29.1 Å². The largest absolute Gasteiger partial charge is 0.484 e. The standard InChI is InChI=1S/C21H22Cl2N2O2/c1-14(26)24-7-9-25(10-8-24)20-13-17-18(11-15(22)12-19(17)23)21(20)27-16-5-3-2-4-6-16/h2-6,11-12,20-21H,7-10,13H2,1H3/t20-,21-/m0/s1. The highest BCUT2D eigenvalue weighted by atomic mass is 35.5. The third kappa shape index (κ3) is 3.79. The lowest BCUT2D eigenvalue weighted by Gasteiger charge is -2.39. The van der Waals surface area contributed by atoms with Gasteiger partial charge in [-0.3, -0.25) is 9.69 Å². The van der Waals surface area contributed by atoms with E-state index in [4.69, 9.17) is 27.9 Å².